The highest BCUT2D eigenvalue weighted by Crippen LogP contribution is 2.17. The highest BCUT2D eigenvalue weighted by atomic mass is 16.2. The third-order valence-electron chi connectivity index (χ3n) is 5.14. The summed E-state index contributed by atoms with van der Waals surface area (Å²) in [4.78, 5) is 40.9. The molecule has 7 heteroatoms. The van der Waals surface area contributed by atoms with Gasteiger partial charge in [0, 0.05) is 30.2 Å². The fourth-order valence-electron chi connectivity index (χ4n) is 3.71. The minimum atomic E-state index is -0.720. The molecule has 0 aliphatic rings. The molecule has 7 nitrogen and oxygen atoms in total. The smallest absolute Gasteiger partial charge is 0.317 e. The van der Waals surface area contributed by atoms with Gasteiger partial charge in [0.05, 0.1) is 11.0 Å². The molecule has 30 heavy (non-hydrogen) atoms. The lowest BCUT2D eigenvalue weighted by atomic mass is 10.1. The number of nitrogens with one attached hydrogen (secondary N) is 2. The van der Waals surface area contributed by atoms with E-state index in [9.17, 15) is 14.4 Å². The summed E-state index contributed by atoms with van der Waals surface area (Å²) < 4.78 is 2.61. The number of aromatic amines is 1. The van der Waals surface area contributed by atoms with E-state index in [-0.39, 0.29) is 19.0 Å². The molecule has 0 unspecified atom stereocenters. The Bertz CT molecular complexity index is 1360. The Morgan fingerprint density at radius 2 is 1.67 bits per heavy atom. The second-order valence-corrected chi connectivity index (χ2v) is 7.04. The standard InChI is InChI=1S/C23H22N4O3/c1-2-13-26-19-9-5-6-10-20(19)27(23(30)22(26)29)15-21(28)24-12-11-16-14-25-18-8-4-3-7-17(16)18/h2-10,14,25H,1,11-13,15H2,(H,24,28). The molecule has 0 aliphatic heterocycles. The maximum atomic E-state index is 12.6. The van der Waals surface area contributed by atoms with Gasteiger partial charge in [-0.25, -0.2) is 0 Å². The van der Waals surface area contributed by atoms with Crippen LogP contribution < -0.4 is 16.4 Å². The van der Waals surface area contributed by atoms with Crippen LogP contribution in [0.3, 0.4) is 0 Å². The molecule has 4 rings (SSSR count). The maximum absolute atomic E-state index is 12.6. The van der Waals surface area contributed by atoms with Crippen molar-refractivity contribution in [3.8, 4) is 0 Å². The van der Waals surface area contributed by atoms with Crippen LogP contribution in [0.5, 0.6) is 0 Å². The number of H-pyrrole nitrogens is 1. The Kier molecular flexibility index (Phi) is 5.34. The summed E-state index contributed by atoms with van der Waals surface area (Å²) in [5, 5.41) is 3.97. The molecule has 0 saturated heterocycles. The molecular weight excluding hydrogens is 380 g/mol. The Hall–Kier alpha value is -3.87. The van der Waals surface area contributed by atoms with Crippen LogP contribution in [0.25, 0.3) is 21.9 Å². The first kappa shape index (κ1) is 19.4. The molecule has 0 aliphatic carbocycles. The van der Waals surface area contributed by atoms with Crippen LogP contribution >= 0.6 is 0 Å². The van der Waals surface area contributed by atoms with Crippen LogP contribution in [0.2, 0.25) is 0 Å². The minimum Gasteiger partial charge on any atom is -0.361 e. The fraction of sp³-hybridized carbons (Fsp3) is 0.174. The minimum absolute atomic E-state index is 0.211. The van der Waals surface area contributed by atoms with Crippen LogP contribution in [-0.4, -0.2) is 26.6 Å². The van der Waals surface area contributed by atoms with Gasteiger partial charge in [-0.3, -0.25) is 23.5 Å². The first-order valence-corrected chi connectivity index (χ1v) is 9.75. The number of aromatic nitrogens is 3. The molecule has 0 radical (unpaired) electrons. The average Bonchev–Trinajstić information content (AvgIpc) is 3.17. The number of benzene rings is 2. The van der Waals surface area contributed by atoms with Crippen molar-refractivity contribution < 1.29 is 4.79 Å². The molecule has 0 atom stereocenters. The molecule has 0 fully saturated rings. The Labute approximate surface area is 172 Å². The Morgan fingerprint density at radius 1 is 1.00 bits per heavy atom. The summed E-state index contributed by atoms with van der Waals surface area (Å²) in [5.41, 5.74) is 1.91. The van der Waals surface area contributed by atoms with E-state index in [0.29, 0.717) is 24.0 Å². The molecule has 152 valence electrons. The summed E-state index contributed by atoms with van der Waals surface area (Å²) in [6.45, 7) is 4.09. The number of allylic oxidation sites excluding steroid dienone is 1. The molecule has 2 aromatic carbocycles. The van der Waals surface area contributed by atoms with Gasteiger partial charge in [-0.15, -0.1) is 6.58 Å². The summed E-state index contributed by atoms with van der Waals surface area (Å²) in [5.74, 6) is -0.317. The SMILES string of the molecule is C=CCn1c(=O)c(=O)n(CC(=O)NCCc2c[nH]c3ccccc23)c2ccccc21. The van der Waals surface area contributed by atoms with Crippen molar-refractivity contribution in [1.82, 2.24) is 19.4 Å². The monoisotopic (exact) mass is 402 g/mol. The van der Waals surface area contributed by atoms with Crippen molar-refractivity contribution in [2.45, 2.75) is 19.5 Å². The van der Waals surface area contributed by atoms with Crippen LogP contribution in [0.15, 0.2) is 77.0 Å². The van der Waals surface area contributed by atoms with E-state index in [1.54, 1.807) is 30.3 Å². The average molecular weight is 402 g/mol. The van der Waals surface area contributed by atoms with Crippen molar-refractivity contribution >= 4 is 27.8 Å². The number of hydrogen-bond donors (Lipinski definition) is 2. The highest BCUT2D eigenvalue weighted by molar-refractivity contribution is 5.83. The van der Waals surface area contributed by atoms with Crippen LogP contribution in [-0.2, 0) is 24.3 Å². The third kappa shape index (κ3) is 3.57. The number of hydrogen-bond acceptors (Lipinski definition) is 3. The lowest BCUT2D eigenvalue weighted by molar-refractivity contribution is -0.121. The number of para-hydroxylation sites is 3. The quantitative estimate of drug-likeness (QED) is 0.367. The number of amides is 1. The van der Waals surface area contributed by atoms with Gasteiger partial charge in [0.2, 0.25) is 5.91 Å². The van der Waals surface area contributed by atoms with Gasteiger partial charge in [-0.05, 0) is 30.2 Å². The summed E-state index contributed by atoms with van der Waals surface area (Å²) in [6, 6.07) is 15.0. The predicted octanol–water partition coefficient (Wildman–Crippen LogP) is 2.19. The number of nitrogens with zero attached hydrogens (tertiary/aromatic N) is 2. The van der Waals surface area contributed by atoms with Crippen LogP contribution in [0.4, 0.5) is 0 Å². The van der Waals surface area contributed by atoms with Gasteiger partial charge in [0.25, 0.3) is 0 Å². The zero-order valence-corrected chi connectivity index (χ0v) is 16.4. The first-order valence-electron chi connectivity index (χ1n) is 9.75. The van der Waals surface area contributed by atoms with E-state index in [1.807, 2.05) is 30.5 Å². The second-order valence-electron chi connectivity index (χ2n) is 7.04. The van der Waals surface area contributed by atoms with Crippen molar-refractivity contribution in [3.63, 3.8) is 0 Å². The lowest BCUT2D eigenvalue weighted by Gasteiger charge is -2.14. The third-order valence-corrected chi connectivity index (χ3v) is 5.14. The fourth-order valence-corrected chi connectivity index (χ4v) is 3.71. The van der Waals surface area contributed by atoms with Gasteiger partial charge in [-0.1, -0.05) is 36.4 Å². The second kappa shape index (κ2) is 8.24. The molecule has 2 heterocycles. The highest BCUT2D eigenvalue weighted by Gasteiger charge is 2.14. The van der Waals surface area contributed by atoms with Crippen LogP contribution in [0, 0.1) is 0 Å². The number of fused-ring (bicyclic) bond motifs is 2. The summed E-state index contributed by atoms with van der Waals surface area (Å²) in [6.07, 6.45) is 4.16. The molecule has 2 aromatic heterocycles. The molecule has 0 bridgehead atoms. The van der Waals surface area contributed by atoms with Crippen molar-refractivity contribution in [1.29, 1.82) is 0 Å². The molecule has 2 N–H and O–H groups in total. The van der Waals surface area contributed by atoms with Gasteiger partial charge in [-0.2, -0.15) is 0 Å². The molecule has 1 amide bonds. The Balaban J connectivity index is 1.53. The Morgan fingerprint density at radius 3 is 2.43 bits per heavy atom. The zero-order valence-electron chi connectivity index (χ0n) is 16.4. The molecular formula is C23H22N4O3. The van der Waals surface area contributed by atoms with E-state index >= 15 is 0 Å². The number of carbonyl (C=O) groups excluding carboxylic acids is 1. The molecule has 0 saturated carbocycles. The first-order chi connectivity index (χ1) is 14.6. The summed E-state index contributed by atoms with van der Waals surface area (Å²) >= 11 is 0. The van der Waals surface area contributed by atoms with E-state index in [1.165, 1.54) is 9.13 Å². The van der Waals surface area contributed by atoms with Gasteiger partial charge in [0.15, 0.2) is 0 Å². The lowest BCUT2D eigenvalue weighted by Crippen LogP contribution is -2.44. The summed E-state index contributed by atoms with van der Waals surface area (Å²) in [7, 11) is 0. The van der Waals surface area contributed by atoms with Crippen molar-refractivity contribution in [3.05, 3.63) is 93.7 Å². The normalized spacial score (nSPS) is 11.1. The topological polar surface area (TPSA) is 88.9 Å². The van der Waals surface area contributed by atoms with E-state index in [2.05, 4.69) is 16.9 Å². The van der Waals surface area contributed by atoms with Gasteiger partial charge >= 0.3 is 11.1 Å². The van der Waals surface area contributed by atoms with Gasteiger partial charge < -0.3 is 10.3 Å². The van der Waals surface area contributed by atoms with E-state index in [0.717, 1.165) is 16.5 Å². The van der Waals surface area contributed by atoms with Crippen LogP contribution in [0.1, 0.15) is 5.56 Å². The predicted molar refractivity (Wildman–Crippen MR) is 118 cm³/mol. The maximum Gasteiger partial charge on any atom is 0.317 e. The number of rotatable bonds is 7. The van der Waals surface area contributed by atoms with Crippen molar-refractivity contribution in [2.24, 2.45) is 0 Å². The van der Waals surface area contributed by atoms with E-state index in [4.69, 9.17) is 0 Å². The number of carbonyl (C=O) groups is 1. The van der Waals surface area contributed by atoms with Crippen molar-refractivity contribution in [2.75, 3.05) is 6.54 Å². The van der Waals surface area contributed by atoms with Gasteiger partial charge in [0.1, 0.15) is 6.54 Å². The largest absolute Gasteiger partial charge is 0.361 e. The zero-order chi connectivity index (χ0) is 21.1. The molecule has 0 spiro atoms. The van der Waals surface area contributed by atoms with E-state index < -0.39 is 11.1 Å². The molecule has 4 aromatic rings.